The molecule has 0 saturated carbocycles. The van der Waals surface area contributed by atoms with Gasteiger partial charge in [0.2, 0.25) is 5.82 Å². The Morgan fingerprint density at radius 3 is 2.85 bits per heavy atom. The highest BCUT2D eigenvalue weighted by Crippen LogP contribution is 2.02. The highest BCUT2D eigenvalue weighted by Gasteiger charge is 2.22. The fraction of sp³-hybridized carbons (Fsp3) is 0.364. The van der Waals surface area contributed by atoms with Crippen LogP contribution in [-0.2, 0) is 4.79 Å². The van der Waals surface area contributed by atoms with Gasteiger partial charge in [-0.3, -0.25) is 4.79 Å². The molecule has 1 atom stereocenters. The molecule has 1 unspecified atom stereocenters. The van der Waals surface area contributed by atoms with Crippen molar-refractivity contribution in [1.29, 1.82) is 0 Å². The molecule has 2 aromatic rings. The van der Waals surface area contributed by atoms with E-state index in [2.05, 4.69) is 20.4 Å². The summed E-state index contributed by atoms with van der Waals surface area (Å²) in [4.78, 5) is 30.7. The first kappa shape index (κ1) is 13.9. The van der Waals surface area contributed by atoms with Crippen LogP contribution in [0.25, 0.3) is 5.78 Å². The number of carbonyl (C=O) groups is 2. The number of nitrogens with zero attached hydrogens (tertiary/aromatic N) is 4. The second kappa shape index (κ2) is 5.61. The maximum atomic E-state index is 11.9. The average molecular weight is 279 g/mol. The van der Waals surface area contributed by atoms with E-state index in [1.807, 2.05) is 0 Å². The molecule has 0 aliphatic heterocycles. The van der Waals surface area contributed by atoms with Crippen LogP contribution in [0.5, 0.6) is 0 Å². The second-order valence-electron chi connectivity index (χ2n) is 4.11. The summed E-state index contributed by atoms with van der Waals surface area (Å²) < 4.78 is 1.39. The number of aliphatic hydroxyl groups is 1. The van der Waals surface area contributed by atoms with Gasteiger partial charge in [-0.15, -0.1) is 5.10 Å². The summed E-state index contributed by atoms with van der Waals surface area (Å²) in [7, 11) is 0. The van der Waals surface area contributed by atoms with Gasteiger partial charge in [0.15, 0.2) is 0 Å². The summed E-state index contributed by atoms with van der Waals surface area (Å²) in [6.45, 7) is 1.42. The molecule has 0 radical (unpaired) electrons. The predicted molar refractivity (Wildman–Crippen MR) is 66.1 cm³/mol. The van der Waals surface area contributed by atoms with Crippen LogP contribution in [0, 0.1) is 6.92 Å². The lowest BCUT2D eigenvalue weighted by Crippen LogP contribution is -2.41. The number of rotatable bonds is 5. The van der Waals surface area contributed by atoms with Gasteiger partial charge >= 0.3 is 5.97 Å². The summed E-state index contributed by atoms with van der Waals surface area (Å²) in [5.74, 6) is -1.87. The smallest absolute Gasteiger partial charge is 0.326 e. The average Bonchev–Trinajstić information content (AvgIpc) is 2.83. The number of aryl methyl sites for hydroxylation is 1. The molecule has 0 aliphatic rings. The Hall–Kier alpha value is -2.55. The zero-order valence-corrected chi connectivity index (χ0v) is 10.6. The van der Waals surface area contributed by atoms with Crippen molar-refractivity contribution in [2.24, 2.45) is 0 Å². The molecule has 3 N–H and O–H groups in total. The van der Waals surface area contributed by atoms with E-state index in [1.165, 1.54) is 10.7 Å². The number of amides is 1. The number of hydrogen-bond donors (Lipinski definition) is 3. The molecule has 2 heterocycles. The molecule has 106 valence electrons. The SMILES string of the molecule is Cc1ccnc2nc(C(=O)NC(CCO)C(=O)O)nn12. The Labute approximate surface area is 113 Å². The molecule has 0 saturated heterocycles. The van der Waals surface area contributed by atoms with Gasteiger partial charge in [-0.05, 0) is 13.0 Å². The normalized spacial score (nSPS) is 12.3. The third-order valence-electron chi connectivity index (χ3n) is 2.65. The number of aliphatic carboxylic acids is 1. The highest BCUT2D eigenvalue weighted by molar-refractivity contribution is 5.93. The van der Waals surface area contributed by atoms with Gasteiger partial charge < -0.3 is 15.5 Å². The number of aromatic nitrogens is 4. The molecular weight excluding hydrogens is 266 g/mol. The molecule has 0 aromatic carbocycles. The number of fused-ring (bicyclic) bond motifs is 1. The van der Waals surface area contributed by atoms with Crippen LogP contribution in [0.3, 0.4) is 0 Å². The number of aliphatic hydroxyl groups excluding tert-OH is 1. The summed E-state index contributed by atoms with van der Waals surface area (Å²) >= 11 is 0. The summed E-state index contributed by atoms with van der Waals surface area (Å²) in [5.41, 5.74) is 0.742. The van der Waals surface area contributed by atoms with E-state index in [1.54, 1.807) is 13.0 Å². The Balaban J connectivity index is 2.22. The van der Waals surface area contributed by atoms with E-state index < -0.39 is 17.9 Å². The number of nitrogens with one attached hydrogen (secondary N) is 1. The number of carboxylic acids is 1. The third-order valence-corrected chi connectivity index (χ3v) is 2.65. The molecule has 0 fully saturated rings. The van der Waals surface area contributed by atoms with Gasteiger partial charge in [-0.1, -0.05) is 0 Å². The topological polar surface area (TPSA) is 130 Å². The fourth-order valence-corrected chi connectivity index (χ4v) is 1.61. The minimum atomic E-state index is -1.23. The first-order chi connectivity index (χ1) is 9.52. The lowest BCUT2D eigenvalue weighted by Gasteiger charge is -2.11. The Morgan fingerprint density at radius 2 is 2.25 bits per heavy atom. The number of carboxylic acid groups (broad SMARTS) is 1. The maximum absolute atomic E-state index is 11.9. The van der Waals surface area contributed by atoms with Gasteiger partial charge in [-0.2, -0.15) is 4.98 Å². The molecule has 0 aliphatic carbocycles. The predicted octanol–water partition coefficient (Wildman–Crippen LogP) is -1.00. The third kappa shape index (κ3) is 2.72. The largest absolute Gasteiger partial charge is 0.480 e. The van der Waals surface area contributed by atoms with Gasteiger partial charge in [0.1, 0.15) is 6.04 Å². The minimum absolute atomic E-state index is 0.0915. The van der Waals surface area contributed by atoms with E-state index in [9.17, 15) is 9.59 Å². The van der Waals surface area contributed by atoms with Gasteiger partial charge in [0, 0.05) is 24.9 Å². The Kier molecular flexibility index (Phi) is 3.89. The molecule has 2 rings (SSSR count). The number of hydrogen-bond acceptors (Lipinski definition) is 6. The second-order valence-corrected chi connectivity index (χ2v) is 4.11. The van der Waals surface area contributed by atoms with Crippen LogP contribution in [0.1, 0.15) is 22.7 Å². The zero-order valence-electron chi connectivity index (χ0n) is 10.6. The van der Waals surface area contributed by atoms with E-state index in [4.69, 9.17) is 10.2 Å². The van der Waals surface area contributed by atoms with Crippen molar-refractivity contribution >= 4 is 17.7 Å². The standard InChI is InChI=1S/C11H13N5O4/c1-6-2-4-12-11-14-8(15-16(6)11)9(18)13-7(3-5-17)10(19)20/h2,4,7,17H,3,5H2,1H3,(H,13,18)(H,19,20). The molecule has 0 spiro atoms. The maximum Gasteiger partial charge on any atom is 0.326 e. The monoisotopic (exact) mass is 279 g/mol. The van der Waals surface area contributed by atoms with Crippen molar-refractivity contribution < 1.29 is 19.8 Å². The minimum Gasteiger partial charge on any atom is -0.480 e. The summed E-state index contributed by atoms with van der Waals surface area (Å²) in [6, 6.07) is 0.517. The molecule has 0 bridgehead atoms. The van der Waals surface area contributed by atoms with Crippen molar-refractivity contribution in [1.82, 2.24) is 24.9 Å². The van der Waals surface area contributed by atoms with Crippen LogP contribution in [0.15, 0.2) is 12.3 Å². The highest BCUT2D eigenvalue weighted by atomic mass is 16.4. The van der Waals surface area contributed by atoms with Gasteiger partial charge in [0.25, 0.3) is 11.7 Å². The first-order valence-electron chi connectivity index (χ1n) is 5.86. The molecule has 9 nitrogen and oxygen atoms in total. The summed E-state index contributed by atoms with van der Waals surface area (Å²) in [6.07, 6.45) is 1.44. The lowest BCUT2D eigenvalue weighted by molar-refractivity contribution is -0.139. The quantitative estimate of drug-likeness (QED) is 0.639. The van der Waals surface area contributed by atoms with Crippen LogP contribution >= 0.6 is 0 Å². The first-order valence-corrected chi connectivity index (χ1v) is 5.86. The lowest BCUT2D eigenvalue weighted by atomic mass is 10.2. The van der Waals surface area contributed by atoms with Crippen molar-refractivity contribution in [3.05, 3.63) is 23.8 Å². The van der Waals surface area contributed by atoms with E-state index in [0.717, 1.165) is 5.69 Å². The van der Waals surface area contributed by atoms with Crippen LogP contribution < -0.4 is 5.32 Å². The fourth-order valence-electron chi connectivity index (χ4n) is 1.61. The molecule has 20 heavy (non-hydrogen) atoms. The zero-order chi connectivity index (χ0) is 14.7. The Morgan fingerprint density at radius 1 is 1.50 bits per heavy atom. The van der Waals surface area contributed by atoms with Crippen molar-refractivity contribution in [3.8, 4) is 0 Å². The molecule has 2 aromatic heterocycles. The molecule has 1 amide bonds. The van der Waals surface area contributed by atoms with Crippen LogP contribution in [-0.4, -0.2) is 54.3 Å². The van der Waals surface area contributed by atoms with Crippen LogP contribution in [0.2, 0.25) is 0 Å². The molecule has 9 heteroatoms. The van der Waals surface area contributed by atoms with E-state index in [0.29, 0.717) is 0 Å². The Bertz CT molecular complexity index is 653. The van der Waals surface area contributed by atoms with Crippen LogP contribution in [0.4, 0.5) is 0 Å². The van der Waals surface area contributed by atoms with E-state index >= 15 is 0 Å². The summed E-state index contributed by atoms with van der Waals surface area (Å²) in [5, 5.41) is 23.9. The number of carbonyl (C=O) groups excluding carboxylic acids is 1. The van der Waals surface area contributed by atoms with Crippen molar-refractivity contribution in [3.63, 3.8) is 0 Å². The van der Waals surface area contributed by atoms with Gasteiger partial charge in [-0.25, -0.2) is 14.3 Å². The van der Waals surface area contributed by atoms with Crippen molar-refractivity contribution in [2.45, 2.75) is 19.4 Å². The molecular formula is C11H13N5O4. The van der Waals surface area contributed by atoms with Crippen molar-refractivity contribution in [2.75, 3.05) is 6.61 Å². The van der Waals surface area contributed by atoms with Gasteiger partial charge in [0.05, 0.1) is 0 Å². The van der Waals surface area contributed by atoms with E-state index in [-0.39, 0.29) is 24.6 Å².